The van der Waals surface area contributed by atoms with Gasteiger partial charge in [-0.05, 0) is 43.7 Å². The Morgan fingerprint density at radius 2 is 2.00 bits per heavy atom. The fourth-order valence-electron chi connectivity index (χ4n) is 3.53. The van der Waals surface area contributed by atoms with Gasteiger partial charge in [-0.3, -0.25) is 9.59 Å². The number of furan rings is 1. The number of carbonyl (C=O) groups excluding carboxylic acids is 2. The second-order valence-corrected chi connectivity index (χ2v) is 7.50. The lowest BCUT2D eigenvalue weighted by Crippen LogP contribution is -2.30. The number of carbonyl (C=O) groups is 2. The van der Waals surface area contributed by atoms with Gasteiger partial charge in [0.05, 0.1) is 16.8 Å². The van der Waals surface area contributed by atoms with E-state index in [1.54, 1.807) is 35.0 Å². The predicted molar refractivity (Wildman–Crippen MR) is 110 cm³/mol. The second-order valence-electron chi connectivity index (χ2n) is 7.09. The molecule has 144 valence electrons. The second kappa shape index (κ2) is 7.32. The van der Waals surface area contributed by atoms with E-state index in [0.717, 1.165) is 23.2 Å². The van der Waals surface area contributed by atoms with E-state index >= 15 is 0 Å². The van der Waals surface area contributed by atoms with E-state index in [-0.39, 0.29) is 17.9 Å². The maximum absolute atomic E-state index is 13.1. The molecule has 0 unspecified atom stereocenters. The largest absolute Gasteiger partial charge is 0.459 e. The number of para-hydroxylation sites is 1. The Labute approximate surface area is 168 Å². The topological polar surface area (TPSA) is 53.8 Å². The lowest BCUT2D eigenvalue weighted by Gasteiger charge is -2.24. The van der Waals surface area contributed by atoms with Gasteiger partial charge in [-0.25, -0.2) is 0 Å². The number of benzene rings is 2. The van der Waals surface area contributed by atoms with Gasteiger partial charge in [0.15, 0.2) is 0 Å². The van der Waals surface area contributed by atoms with Crippen molar-refractivity contribution in [1.29, 1.82) is 0 Å². The van der Waals surface area contributed by atoms with Crippen molar-refractivity contribution >= 4 is 40.1 Å². The molecule has 3 aromatic rings. The molecule has 1 fully saturated rings. The maximum Gasteiger partial charge on any atom is 0.254 e. The number of anilines is 1. The van der Waals surface area contributed by atoms with Gasteiger partial charge in [-0.15, -0.1) is 0 Å². The summed E-state index contributed by atoms with van der Waals surface area (Å²) in [6.45, 7) is 2.55. The van der Waals surface area contributed by atoms with Crippen LogP contribution in [0.3, 0.4) is 0 Å². The fourth-order valence-corrected chi connectivity index (χ4v) is 3.75. The maximum atomic E-state index is 13.1. The molecule has 0 spiro atoms. The summed E-state index contributed by atoms with van der Waals surface area (Å²) in [5.74, 6) is 0.606. The molecular weight excluding hydrogens is 376 g/mol. The van der Waals surface area contributed by atoms with E-state index in [1.165, 1.54) is 0 Å². The van der Waals surface area contributed by atoms with Crippen LogP contribution in [-0.2, 0) is 4.79 Å². The highest BCUT2D eigenvalue weighted by Gasteiger charge is 2.26. The highest BCUT2D eigenvalue weighted by Crippen LogP contribution is 2.32. The quantitative estimate of drug-likeness (QED) is 0.620. The van der Waals surface area contributed by atoms with E-state index in [0.29, 0.717) is 29.2 Å². The van der Waals surface area contributed by atoms with Crippen molar-refractivity contribution in [2.24, 2.45) is 0 Å². The lowest BCUT2D eigenvalue weighted by molar-refractivity contribution is -0.117. The van der Waals surface area contributed by atoms with Crippen molar-refractivity contribution in [3.05, 3.63) is 64.9 Å². The monoisotopic (exact) mass is 396 g/mol. The third kappa shape index (κ3) is 3.27. The highest BCUT2D eigenvalue weighted by molar-refractivity contribution is 6.34. The van der Waals surface area contributed by atoms with Crippen LogP contribution in [-0.4, -0.2) is 30.3 Å². The first kappa shape index (κ1) is 18.6. The van der Waals surface area contributed by atoms with Crippen molar-refractivity contribution in [1.82, 2.24) is 4.90 Å². The number of amides is 2. The summed E-state index contributed by atoms with van der Waals surface area (Å²) < 4.78 is 5.91. The van der Waals surface area contributed by atoms with Gasteiger partial charge in [-0.2, -0.15) is 0 Å². The van der Waals surface area contributed by atoms with Crippen LogP contribution in [0.15, 0.2) is 52.9 Å². The van der Waals surface area contributed by atoms with Gasteiger partial charge in [0.2, 0.25) is 5.91 Å². The number of rotatable bonds is 4. The molecule has 2 amide bonds. The third-order valence-electron chi connectivity index (χ3n) is 5.31. The van der Waals surface area contributed by atoms with Crippen LogP contribution in [0.25, 0.3) is 11.0 Å². The van der Waals surface area contributed by atoms with Crippen LogP contribution in [0.2, 0.25) is 5.02 Å². The van der Waals surface area contributed by atoms with Crippen LogP contribution < -0.4 is 4.90 Å². The van der Waals surface area contributed by atoms with E-state index in [4.69, 9.17) is 16.0 Å². The van der Waals surface area contributed by atoms with Crippen LogP contribution in [0.5, 0.6) is 0 Å². The number of nitrogens with zero attached hydrogens (tertiary/aromatic N) is 2. The minimum Gasteiger partial charge on any atom is -0.459 e. The summed E-state index contributed by atoms with van der Waals surface area (Å²) in [7, 11) is 1.75. The van der Waals surface area contributed by atoms with E-state index in [1.807, 2.05) is 37.3 Å². The van der Waals surface area contributed by atoms with Gasteiger partial charge >= 0.3 is 0 Å². The molecule has 5 nitrogen and oxygen atoms in total. The Balaban J connectivity index is 1.60. The normalized spacial score (nSPS) is 15.2. The number of halogens is 1. The van der Waals surface area contributed by atoms with Crippen molar-refractivity contribution in [2.45, 2.75) is 25.8 Å². The highest BCUT2D eigenvalue weighted by atomic mass is 35.5. The first-order valence-electron chi connectivity index (χ1n) is 9.31. The van der Waals surface area contributed by atoms with Crippen LogP contribution in [0.4, 0.5) is 5.69 Å². The van der Waals surface area contributed by atoms with Crippen LogP contribution in [0, 0.1) is 0 Å². The summed E-state index contributed by atoms with van der Waals surface area (Å²) in [5.41, 5.74) is 1.89. The molecule has 0 N–H and O–H groups in total. The smallest absolute Gasteiger partial charge is 0.254 e. The van der Waals surface area contributed by atoms with Gasteiger partial charge in [0, 0.05) is 31.0 Å². The lowest BCUT2D eigenvalue weighted by atomic mass is 10.1. The van der Waals surface area contributed by atoms with E-state index in [9.17, 15) is 9.59 Å². The Morgan fingerprint density at radius 3 is 2.71 bits per heavy atom. The minimum atomic E-state index is -0.243. The molecular formula is C22H21ClN2O3. The number of hydrogen-bond acceptors (Lipinski definition) is 3. The van der Waals surface area contributed by atoms with Crippen molar-refractivity contribution < 1.29 is 14.0 Å². The molecule has 1 saturated heterocycles. The fraction of sp³-hybridized carbons (Fsp3) is 0.273. The third-order valence-corrected chi connectivity index (χ3v) is 5.63. The standard InChI is InChI=1S/C22H21ClN2O3/c1-14(20-13-15-6-3-4-7-19(15)28-20)24(2)22(27)16-9-10-17(23)18(12-16)25-11-5-8-21(25)26/h3-4,6-7,9-10,12-14H,5,8,11H2,1-2H3/t14-/m0/s1. The first-order valence-corrected chi connectivity index (χ1v) is 9.69. The Morgan fingerprint density at radius 1 is 1.21 bits per heavy atom. The molecule has 1 atom stereocenters. The van der Waals surface area contributed by atoms with Crippen LogP contribution >= 0.6 is 11.6 Å². The molecule has 0 aliphatic carbocycles. The molecule has 0 saturated carbocycles. The zero-order chi connectivity index (χ0) is 19.8. The van der Waals surface area contributed by atoms with Gasteiger partial charge < -0.3 is 14.2 Å². The van der Waals surface area contributed by atoms with Crippen molar-refractivity contribution in [3.8, 4) is 0 Å². The molecule has 0 bridgehead atoms. The molecule has 1 aliphatic rings. The van der Waals surface area contributed by atoms with E-state index in [2.05, 4.69) is 0 Å². The Bertz CT molecular complexity index is 1030. The SMILES string of the molecule is C[C@@H](c1cc2ccccc2o1)N(C)C(=O)c1ccc(Cl)c(N2CCCC2=O)c1. The average Bonchev–Trinajstić information content (AvgIpc) is 3.32. The summed E-state index contributed by atoms with van der Waals surface area (Å²) in [6.07, 6.45) is 1.31. The molecule has 2 aromatic carbocycles. The molecule has 6 heteroatoms. The molecule has 0 radical (unpaired) electrons. The summed E-state index contributed by atoms with van der Waals surface area (Å²) >= 11 is 6.30. The zero-order valence-corrected chi connectivity index (χ0v) is 16.6. The zero-order valence-electron chi connectivity index (χ0n) is 15.8. The summed E-state index contributed by atoms with van der Waals surface area (Å²) in [5, 5.41) is 1.48. The minimum absolute atomic E-state index is 0.0375. The molecule has 2 heterocycles. The molecule has 1 aromatic heterocycles. The number of fused-ring (bicyclic) bond motifs is 1. The van der Waals surface area contributed by atoms with Crippen molar-refractivity contribution in [3.63, 3.8) is 0 Å². The Kier molecular flexibility index (Phi) is 4.85. The molecule has 28 heavy (non-hydrogen) atoms. The van der Waals surface area contributed by atoms with Crippen molar-refractivity contribution in [2.75, 3.05) is 18.5 Å². The van der Waals surface area contributed by atoms with Gasteiger partial charge in [0.1, 0.15) is 11.3 Å². The van der Waals surface area contributed by atoms with E-state index < -0.39 is 0 Å². The summed E-state index contributed by atoms with van der Waals surface area (Å²) in [6, 6.07) is 14.6. The average molecular weight is 397 g/mol. The van der Waals surface area contributed by atoms with Crippen LogP contribution in [0.1, 0.15) is 41.9 Å². The van der Waals surface area contributed by atoms with Gasteiger partial charge in [0.25, 0.3) is 5.91 Å². The molecule has 4 rings (SSSR count). The molecule has 1 aliphatic heterocycles. The summed E-state index contributed by atoms with van der Waals surface area (Å²) in [4.78, 5) is 28.4. The number of hydrogen-bond donors (Lipinski definition) is 0. The Hall–Kier alpha value is -2.79. The first-order chi connectivity index (χ1) is 13.5. The predicted octanol–water partition coefficient (Wildman–Crippen LogP) is 5.05. The van der Waals surface area contributed by atoms with Gasteiger partial charge in [-0.1, -0.05) is 29.8 Å².